The van der Waals surface area contributed by atoms with Crippen LogP contribution in [-0.4, -0.2) is 16.6 Å². The van der Waals surface area contributed by atoms with E-state index >= 15 is 0 Å². The molecular weight excluding hydrogens is 241 g/mol. The van der Waals surface area contributed by atoms with Crippen molar-refractivity contribution < 1.29 is 4.39 Å². The van der Waals surface area contributed by atoms with E-state index in [1.54, 1.807) is 17.0 Å². The van der Waals surface area contributed by atoms with Gasteiger partial charge in [-0.1, -0.05) is 24.3 Å². The fourth-order valence-corrected chi connectivity index (χ4v) is 2.26. The number of benzene rings is 2. The van der Waals surface area contributed by atoms with Crippen LogP contribution < -0.4 is 4.90 Å². The predicted molar refractivity (Wildman–Crippen MR) is 75.2 cm³/mol. The van der Waals surface area contributed by atoms with Crippen molar-refractivity contribution in [3.63, 3.8) is 0 Å². The van der Waals surface area contributed by atoms with Crippen molar-refractivity contribution in [2.75, 3.05) is 11.9 Å². The van der Waals surface area contributed by atoms with Crippen molar-refractivity contribution in [2.24, 2.45) is 7.05 Å². The minimum absolute atomic E-state index is 0.253. The summed E-state index contributed by atoms with van der Waals surface area (Å²) < 4.78 is 15.8. The summed E-state index contributed by atoms with van der Waals surface area (Å²) in [5, 5.41) is 0. The molecule has 96 valence electrons. The van der Waals surface area contributed by atoms with Crippen LogP contribution in [-0.2, 0) is 7.05 Å². The van der Waals surface area contributed by atoms with Gasteiger partial charge in [-0.15, -0.1) is 0 Å². The van der Waals surface area contributed by atoms with E-state index in [0.717, 1.165) is 11.0 Å². The van der Waals surface area contributed by atoms with Crippen LogP contribution in [0.15, 0.2) is 48.5 Å². The van der Waals surface area contributed by atoms with Crippen molar-refractivity contribution >= 4 is 22.7 Å². The molecule has 19 heavy (non-hydrogen) atoms. The van der Waals surface area contributed by atoms with E-state index in [0.29, 0.717) is 11.6 Å². The maximum atomic E-state index is 13.8. The second-order valence-electron chi connectivity index (χ2n) is 4.47. The Bertz CT molecular complexity index is 733. The number of imidazole rings is 1. The molecule has 0 atom stereocenters. The number of aromatic nitrogens is 2. The van der Waals surface area contributed by atoms with Crippen LogP contribution in [0.4, 0.5) is 16.0 Å². The van der Waals surface area contributed by atoms with Crippen molar-refractivity contribution in [3.05, 3.63) is 54.3 Å². The van der Waals surface area contributed by atoms with Gasteiger partial charge in [0.2, 0.25) is 5.95 Å². The molecule has 4 heteroatoms. The van der Waals surface area contributed by atoms with Crippen molar-refractivity contribution in [1.82, 2.24) is 9.55 Å². The summed E-state index contributed by atoms with van der Waals surface area (Å²) in [6, 6.07) is 14.6. The fraction of sp³-hybridized carbons (Fsp3) is 0.133. The molecule has 3 nitrogen and oxygen atoms in total. The lowest BCUT2D eigenvalue weighted by molar-refractivity contribution is 0.626. The molecule has 0 saturated carbocycles. The van der Waals surface area contributed by atoms with E-state index < -0.39 is 0 Å². The molecule has 0 amide bonds. The summed E-state index contributed by atoms with van der Waals surface area (Å²) >= 11 is 0. The zero-order chi connectivity index (χ0) is 13.4. The van der Waals surface area contributed by atoms with Crippen LogP contribution in [0.1, 0.15) is 0 Å². The standard InChI is InChI=1S/C15H14FN3/c1-18(13-9-5-3-7-11(13)16)15-17-12-8-4-6-10-14(12)19(15)2/h3-10H,1-2H3. The second kappa shape index (κ2) is 4.39. The second-order valence-corrected chi connectivity index (χ2v) is 4.47. The zero-order valence-corrected chi connectivity index (χ0v) is 10.8. The first kappa shape index (κ1) is 11.7. The van der Waals surface area contributed by atoms with E-state index in [1.165, 1.54) is 6.07 Å². The predicted octanol–water partition coefficient (Wildman–Crippen LogP) is 3.48. The SMILES string of the molecule is CN(c1ccccc1F)c1nc2ccccc2n1C. The lowest BCUT2D eigenvalue weighted by Crippen LogP contribution is -2.15. The lowest BCUT2D eigenvalue weighted by atomic mass is 10.3. The van der Waals surface area contributed by atoms with Gasteiger partial charge in [-0.05, 0) is 24.3 Å². The van der Waals surface area contributed by atoms with Crippen LogP contribution >= 0.6 is 0 Å². The molecule has 0 aliphatic carbocycles. The largest absolute Gasteiger partial charge is 0.313 e. The van der Waals surface area contributed by atoms with Gasteiger partial charge in [-0.25, -0.2) is 9.37 Å². The summed E-state index contributed by atoms with van der Waals surface area (Å²) in [7, 11) is 3.75. The molecule has 1 heterocycles. The van der Waals surface area contributed by atoms with Crippen molar-refractivity contribution in [1.29, 1.82) is 0 Å². The number of fused-ring (bicyclic) bond motifs is 1. The van der Waals surface area contributed by atoms with Crippen LogP contribution in [0.5, 0.6) is 0 Å². The minimum Gasteiger partial charge on any atom is -0.313 e. The molecule has 0 spiro atoms. The van der Waals surface area contributed by atoms with Crippen LogP contribution in [0.25, 0.3) is 11.0 Å². The highest BCUT2D eigenvalue weighted by Crippen LogP contribution is 2.27. The van der Waals surface area contributed by atoms with E-state index in [4.69, 9.17) is 0 Å². The highest BCUT2D eigenvalue weighted by atomic mass is 19.1. The molecule has 0 N–H and O–H groups in total. The first-order valence-electron chi connectivity index (χ1n) is 6.08. The smallest absolute Gasteiger partial charge is 0.210 e. The Hall–Kier alpha value is -2.36. The average Bonchev–Trinajstić information content (AvgIpc) is 2.77. The van der Waals surface area contributed by atoms with Crippen molar-refractivity contribution in [2.45, 2.75) is 0 Å². The Morgan fingerprint density at radius 1 is 1.05 bits per heavy atom. The van der Waals surface area contributed by atoms with E-state index in [9.17, 15) is 4.39 Å². The minimum atomic E-state index is -0.253. The molecule has 2 aromatic carbocycles. The molecule has 0 aliphatic heterocycles. The number of hydrogen-bond donors (Lipinski definition) is 0. The Kier molecular flexibility index (Phi) is 2.71. The Labute approximate surface area is 110 Å². The molecule has 0 fully saturated rings. The normalized spacial score (nSPS) is 10.9. The number of hydrogen-bond acceptors (Lipinski definition) is 2. The molecule has 0 aliphatic rings. The highest BCUT2D eigenvalue weighted by molar-refractivity contribution is 5.79. The highest BCUT2D eigenvalue weighted by Gasteiger charge is 2.15. The topological polar surface area (TPSA) is 21.1 Å². The Morgan fingerprint density at radius 2 is 1.74 bits per heavy atom. The van der Waals surface area contributed by atoms with Gasteiger partial charge in [0.1, 0.15) is 5.82 Å². The van der Waals surface area contributed by atoms with Gasteiger partial charge in [0.15, 0.2) is 0 Å². The third kappa shape index (κ3) is 1.85. The number of aryl methyl sites for hydroxylation is 1. The zero-order valence-electron chi connectivity index (χ0n) is 10.8. The molecule has 0 unspecified atom stereocenters. The van der Waals surface area contributed by atoms with Gasteiger partial charge < -0.3 is 9.47 Å². The molecule has 1 aromatic heterocycles. The van der Waals surface area contributed by atoms with Crippen LogP contribution in [0, 0.1) is 5.82 Å². The summed E-state index contributed by atoms with van der Waals surface area (Å²) in [6.45, 7) is 0. The number of para-hydroxylation sites is 3. The average molecular weight is 255 g/mol. The third-order valence-electron chi connectivity index (χ3n) is 3.28. The van der Waals surface area contributed by atoms with Gasteiger partial charge >= 0.3 is 0 Å². The molecule has 0 bridgehead atoms. The third-order valence-corrected chi connectivity index (χ3v) is 3.28. The Balaban J connectivity index is 2.14. The van der Waals surface area contributed by atoms with E-state index in [2.05, 4.69) is 4.98 Å². The van der Waals surface area contributed by atoms with E-state index in [1.807, 2.05) is 49.0 Å². The quantitative estimate of drug-likeness (QED) is 0.699. The van der Waals surface area contributed by atoms with Crippen molar-refractivity contribution in [3.8, 4) is 0 Å². The first-order chi connectivity index (χ1) is 9.18. The molecule has 0 radical (unpaired) electrons. The summed E-state index contributed by atoms with van der Waals surface area (Å²) in [4.78, 5) is 6.31. The van der Waals surface area contributed by atoms with Gasteiger partial charge in [0.25, 0.3) is 0 Å². The van der Waals surface area contributed by atoms with Crippen LogP contribution in [0.2, 0.25) is 0 Å². The molecule has 3 rings (SSSR count). The monoisotopic (exact) mass is 255 g/mol. The maximum Gasteiger partial charge on any atom is 0.210 e. The summed E-state index contributed by atoms with van der Waals surface area (Å²) in [5.41, 5.74) is 2.45. The molecule has 3 aromatic rings. The summed E-state index contributed by atoms with van der Waals surface area (Å²) in [5.74, 6) is 0.461. The van der Waals surface area contributed by atoms with Gasteiger partial charge in [-0.3, -0.25) is 0 Å². The maximum absolute atomic E-state index is 13.8. The first-order valence-corrected chi connectivity index (χ1v) is 6.08. The molecular formula is C15H14FN3. The van der Waals surface area contributed by atoms with E-state index in [-0.39, 0.29) is 5.82 Å². The van der Waals surface area contributed by atoms with Crippen LogP contribution in [0.3, 0.4) is 0 Å². The number of nitrogens with zero attached hydrogens (tertiary/aromatic N) is 3. The summed E-state index contributed by atoms with van der Waals surface area (Å²) in [6.07, 6.45) is 0. The fourth-order valence-electron chi connectivity index (χ4n) is 2.26. The van der Waals surface area contributed by atoms with Gasteiger partial charge in [-0.2, -0.15) is 0 Å². The Morgan fingerprint density at radius 3 is 2.47 bits per heavy atom. The number of rotatable bonds is 2. The lowest BCUT2D eigenvalue weighted by Gasteiger charge is -2.18. The number of anilines is 2. The molecule has 0 saturated heterocycles. The van der Waals surface area contributed by atoms with Gasteiger partial charge in [0.05, 0.1) is 16.7 Å². The van der Waals surface area contributed by atoms with Gasteiger partial charge in [0, 0.05) is 14.1 Å². The number of halogens is 1.